The number of rotatable bonds is 5. The summed E-state index contributed by atoms with van der Waals surface area (Å²) >= 11 is 0. The lowest BCUT2D eigenvalue weighted by atomic mass is 10.1. The SMILES string of the molecule is CC(C)Cc1ccc(CN[C@@H]2COCC[C@H]2O)cn1. The Hall–Kier alpha value is -0.970. The molecule has 0 spiro atoms. The van der Waals surface area contributed by atoms with Crippen LogP contribution in [-0.4, -0.2) is 35.5 Å². The molecule has 0 bridgehead atoms. The van der Waals surface area contributed by atoms with Crippen LogP contribution in [0.25, 0.3) is 0 Å². The molecule has 0 amide bonds. The maximum absolute atomic E-state index is 9.83. The first-order chi connectivity index (χ1) is 9.15. The summed E-state index contributed by atoms with van der Waals surface area (Å²) in [5.74, 6) is 0.631. The molecule has 2 rings (SSSR count). The van der Waals surface area contributed by atoms with E-state index in [-0.39, 0.29) is 12.1 Å². The molecule has 106 valence electrons. The van der Waals surface area contributed by atoms with Crippen molar-refractivity contribution in [3.63, 3.8) is 0 Å². The third kappa shape index (κ3) is 4.56. The molecule has 19 heavy (non-hydrogen) atoms. The van der Waals surface area contributed by atoms with E-state index in [2.05, 4.69) is 36.3 Å². The maximum Gasteiger partial charge on any atom is 0.0737 e. The van der Waals surface area contributed by atoms with Crippen LogP contribution in [0.3, 0.4) is 0 Å². The van der Waals surface area contributed by atoms with E-state index in [1.54, 1.807) is 0 Å². The van der Waals surface area contributed by atoms with E-state index >= 15 is 0 Å². The van der Waals surface area contributed by atoms with E-state index in [9.17, 15) is 5.11 Å². The van der Waals surface area contributed by atoms with Crippen molar-refractivity contribution >= 4 is 0 Å². The Bertz CT molecular complexity index is 378. The van der Waals surface area contributed by atoms with Gasteiger partial charge in [-0.25, -0.2) is 0 Å². The normalized spacial score (nSPS) is 23.8. The summed E-state index contributed by atoms with van der Waals surface area (Å²) in [5.41, 5.74) is 2.28. The van der Waals surface area contributed by atoms with E-state index in [0.717, 1.165) is 24.2 Å². The van der Waals surface area contributed by atoms with Crippen molar-refractivity contribution in [1.29, 1.82) is 0 Å². The molecule has 1 fully saturated rings. The summed E-state index contributed by atoms with van der Waals surface area (Å²) in [6.45, 7) is 6.36. The highest BCUT2D eigenvalue weighted by molar-refractivity contribution is 5.14. The van der Waals surface area contributed by atoms with Gasteiger partial charge in [0.2, 0.25) is 0 Å². The second-order valence-corrected chi connectivity index (χ2v) is 5.67. The van der Waals surface area contributed by atoms with Gasteiger partial charge >= 0.3 is 0 Å². The molecule has 0 aromatic carbocycles. The van der Waals surface area contributed by atoms with Gasteiger partial charge in [0, 0.05) is 25.0 Å². The minimum atomic E-state index is -0.304. The fraction of sp³-hybridized carbons (Fsp3) is 0.667. The van der Waals surface area contributed by atoms with Gasteiger partial charge in [0.25, 0.3) is 0 Å². The Morgan fingerprint density at radius 2 is 2.32 bits per heavy atom. The second kappa shape index (κ2) is 6.98. The van der Waals surface area contributed by atoms with Gasteiger partial charge in [-0.1, -0.05) is 19.9 Å². The van der Waals surface area contributed by atoms with E-state index in [4.69, 9.17) is 4.74 Å². The quantitative estimate of drug-likeness (QED) is 0.846. The highest BCUT2D eigenvalue weighted by Crippen LogP contribution is 2.10. The van der Waals surface area contributed by atoms with Crippen LogP contribution in [0.1, 0.15) is 31.5 Å². The summed E-state index contributed by atoms with van der Waals surface area (Å²) in [5, 5.41) is 13.2. The predicted molar refractivity (Wildman–Crippen MR) is 74.8 cm³/mol. The first kappa shape index (κ1) is 14.4. The Morgan fingerprint density at radius 3 is 2.95 bits per heavy atom. The minimum Gasteiger partial charge on any atom is -0.391 e. The predicted octanol–water partition coefficient (Wildman–Crippen LogP) is 1.52. The number of hydrogen-bond donors (Lipinski definition) is 2. The molecule has 1 aliphatic heterocycles. The van der Waals surface area contributed by atoms with Crippen molar-refractivity contribution in [2.45, 2.75) is 45.4 Å². The van der Waals surface area contributed by atoms with Gasteiger partial charge < -0.3 is 15.2 Å². The van der Waals surface area contributed by atoms with Crippen LogP contribution in [0.2, 0.25) is 0 Å². The van der Waals surface area contributed by atoms with Gasteiger partial charge in [-0.3, -0.25) is 4.98 Å². The Balaban J connectivity index is 1.82. The van der Waals surface area contributed by atoms with Gasteiger partial charge in [0.05, 0.1) is 18.8 Å². The van der Waals surface area contributed by atoms with Crippen LogP contribution in [0.15, 0.2) is 18.3 Å². The number of aliphatic hydroxyl groups is 1. The molecule has 0 saturated carbocycles. The van der Waals surface area contributed by atoms with E-state index in [1.165, 1.54) is 0 Å². The summed E-state index contributed by atoms with van der Waals surface area (Å²) in [6.07, 6.45) is 3.34. The number of aliphatic hydroxyl groups excluding tert-OH is 1. The first-order valence-corrected chi connectivity index (χ1v) is 7.08. The zero-order valence-corrected chi connectivity index (χ0v) is 11.8. The highest BCUT2D eigenvalue weighted by Gasteiger charge is 2.22. The van der Waals surface area contributed by atoms with Crippen LogP contribution < -0.4 is 5.32 Å². The fourth-order valence-electron chi connectivity index (χ4n) is 2.27. The number of aromatic nitrogens is 1. The molecule has 2 heterocycles. The van der Waals surface area contributed by atoms with Crippen molar-refractivity contribution in [2.24, 2.45) is 5.92 Å². The Labute approximate surface area is 115 Å². The lowest BCUT2D eigenvalue weighted by Gasteiger charge is -2.28. The molecule has 0 unspecified atom stereocenters. The average molecular weight is 264 g/mol. The molecule has 1 aromatic heterocycles. The number of ether oxygens (including phenoxy) is 1. The molecule has 1 aliphatic rings. The molecule has 2 atom stereocenters. The van der Waals surface area contributed by atoms with Gasteiger partial charge in [-0.15, -0.1) is 0 Å². The first-order valence-electron chi connectivity index (χ1n) is 7.08. The van der Waals surface area contributed by atoms with Gasteiger partial charge in [-0.05, 0) is 30.4 Å². The minimum absolute atomic E-state index is 0.0316. The Kier molecular flexibility index (Phi) is 5.31. The van der Waals surface area contributed by atoms with Crippen molar-refractivity contribution in [1.82, 2.24) is 10.3 Å². The van der Waals surface area contributed by atoms with Crippen molar-refractivity contribution in [3.8, 4) is 0 Å². The standard InChI is InChI=1S/C15H24N2O2/c1-11(2)7-13-4-3-12(8-16-13)9-17-14-10-19-6-5-15(14)18/h3-4,8,11,14-15,17-18H,5-7,9-10H2,1-2H3/t14-,15-/m1/s1. The molecular weight excluding hydrogens is 240 g/mol. The number of pyridine rings is 1. The summed E-state index contributed by atoms with van der Waals surface area (Å²) < 4.78 is 5.37. The topological polar surface area (TPSA) is 54.4 Å². The lowest BCUT2D eigenvalue weighted by Crippen LogP contribution is -2.46. The van der Waals surface area contributed by atoms with Crippen molar-refractivity contribution in [2.75, 3.05) is 13.2 Å². The zero-order chi connectivity index (χ0) is 13.7. The molecule has 4 heteroatoms. The summed E-state index contributed by atoms with van der Waals surface area (Å²) in [7, 11) is 0. The number of hydrogen-bond acceptors (Lipinski definition) is 4. The summed E-state index contributed by atoms with van der Waals surface area (Å²) in [4.78, 5) is 4.47. The van der Waals surface area contributed by atoms with E-state index in [1.807, 2.05) is 6.20 Å². The average Bonchev–Trinajstić information content (AvgIpc) is 2.39. The Morgan fingerprint density at radius 1 is 1.47 bits per heavy atom. The molecule has 4 nitrogen and oxygen atoms in total. The fourth-order valence-corrected chi connectivity index (χ4v) is 2.27. The van der Waals surface area contributed by atoms with E-state index in [0.29, 0.717) is 25.6 Å². The van der Waals surface area contributed by atoms with Crippen LogP contribution in [0, 0.1) is 5.92 Å². The van der Waals surface area contributed by atoms with Crippen molar-refractivity contribution < 1.29 is 9.84 Å². The molecule has 1 saturated heterocycles. The molecular formula is C15H24N2O2. The third-order valence-corrected chi connectivity index (χ3v) is 3.39. The van der Waals surface area contributed by atoms with Gasteiger partial charge in [0.1, 0.15) is 0 Å². The number of nitrogens with one attached hydrogen (secondary N) is 1. The van der Waals surface area contributed by atoms with Crippen LogP contribution in [0.4, 0.5) is 0 Å². The lowest BCUT2D eigenvalue weighted by molar-refractivity contribution is -0.0160. The van der Waals surface area contributed by atoms with Gasteiger partial charge in [-0.2, -0.15) is 0 Å². The monoisotopic (exact) mass is 264 g/mol. The van der Waals surface area contributed by atoms with Crippen LogP contribution in [0.5, 0.6) is 0 Å². The summed E-state index contributed by atoms with van der Waals surface area (Å²) in [6, 6.07) is 4.22. The third-order valence-electron chi connectivity index (χ3n) is 3.39. The van der Waals surface area contributed by atoms with Crippen molar-refractivity contribution in [3.05, 3.63) is 29.6 Å². The van der Waals surface area contributed by atoms with Gasteiger partial charge in [0.15, 0.2) is 0 Å². The molecule has 2 N–H and O–H groups in total. The van der Waals surface area contributed by atoms with Crippen LogP contribution >= 0.6 is 0 Å². The van der Waals surface area contributed by atoms with E-state index < -0.39 is 0 Å². The van der Waals surface area contributed by atoms with Crippen LogP contribution in [-0.2, 0) is 17.7 Å². The second-order valence-electron chi connectivity index (χ2n) is 5.67. The smallest absolute Gasteiger partial charge is 0.0737 e. The largest absolute Gasteiger partial charge is 0.391 e. The molecule has 0 aliphatic carbocycles. The molecule has 0 radical (unpaired) electrons. The maximum atomic E-state index is 9.83. The molecule has 1 aromatic rings. The highest BCUT2D eigenvalue weighted by atomic mass is 16.5. The number of nitrogens with zero attached hydrogens (tertiary/aromatic N) is 1. The zero-order valence-electron chi connectivity index (χ0n) is 11.8.